The summed E-state index contributed by atoms with van der Waals surface area (Å²) in [5.41, 5.74) is 4.61. The van der Waals surface area contributed by atoms with Gasteiger partial charge in [0.1, 0.15) is 0 Å². The Morgan fingerprint density at radius 2 is 1.29 bits per heavy atom. The van der Waals surface area contributed by atoms with Crippen molar-refractivity contribution >= 4 is 22.7 Å². The van der Waals surface area contributed by atoms with Crippen molar-refractivity contribution in [1.29, 1.82) is 0 Å². The molecule has 31 heavy (non-hydrogen) atoms. The largest absolute Gasteiger partial charge is 0.478 e. The van der Waals surface area contributed by atoms with Gasteiger partial charge < -0.3 is 15.3 Å². The molecule has 3 atom stereocenters. The molecule has 0 amide bonds. The average molecular weight is 414 g/mol. The maximum absolute atomic E-state index is 12.6. The van der Waals surface area contributed by atoms with Crippen molar-refractivity contribution < 1.29 is 24.9 Å². The molecule has 156 valence electrons. The Labute approximate surface area is 179 Å². The van der Waals surface area contributed by atoms with Gasteiger partial charge >= 0.3 is 11.9 Å². The molecule has 1 saturated carbocycles. The van der Waals surface area contributed by atoms with Crippen molar-refractivity contribution in [1.82, 2.24) is 0 Å². The lowest BCUT2D eigenvalue weighted by molar-refractivity contribution is 0.0680. The van der Waals surface area contributed by atoms with E-state index in [0.717, 1.165) is 34.7 Å². The third-order valence-corrected chi connectivity index (χ3v) is 7.76. The van der Waals surface area contributed by atoms with E-state index in [0.29, 0.717) is 46.9 Å². The van der Waals surface area contributed by atoms with E-state index >= 15 is 0 Å². The predicted octanol–water partition coefficient (Wildman–Crippen LogP) is 4.62. The molecular weight excluding hydrogens is 392 g/mol. The van der Waals surface area contributed by atoms with E-state index in [9.17, 15) is 24.9 Å². The number of aliphatic hydroxyl groups is 1. The number of aliphatic hydroxyl groups excluding tert-OH is 1. The van der Waals surface area contributed by atoms with Crippen molar-refractivity contribution in [2.24, 2.45) is 17.8 Å². The highest BCUT2D eigenvalue weighted by molar-refractivity contribution is 6.23. The van der Waals surface area contributed by atoms with Gasteiger partial charge in [0, 0.05) is 17.7 Å². The van der Waals surface area contributed by atoms with Gasteiger partial charge in [-0.05, 0) is 76.5 Å². The van der Waals surface area contributed by atoms with Crippen LogP contribution in [0.25, 0.3) is 33.0 Å². The quantitative estimate of drug-likeness (QED) is 0.455. The zero-order valence-electron chi connectivity index (χ0n) is 16.9. The van der Waals surface area contributed by atoms with Crippen LogP contribution < -0.4 is 0 Å². The summed E-state index contributed by atoms with van der Waals surface area (Å²) in [4.78, 5) is 25.2. The monoisotopic (exact) mass is 414 g/mol. The first-order chi connectivity index (χ1) is 15.0. The number of rotatable bonds is 3. The van der Waals surface area contributed by atoms with Gasteiger partial charge in [-0.3, -0.25) is 0 Å². The van der Waals surface area contributed by atoms with Gasteiger partial charge in [0.15, 0.2) is 0 Å². The number of hydrogen-bond acceptors (Lipinski definition) is 3. The number of fused-ring (bicyclic) bond motifs is 5. The van der Waals surface area contributed by atoms with Gasteiger partial charge in [-0.1, -0.05) is 36.4 Å². The first-order valence-corrected chi connectivity index (χ1v) is 10.8. The molecule has 3 aromatic carbocycles. The minimum Gasteiger partial charge on any atom is -0.478 e. The Bertz CT molecular complexity index is 1210. The van der Waals surface area contributed by atoms with E-state index in [1.54, 1.807) is 0 Å². The normalized spacial score (nSPS) is 22.8. The Morgan fingerprint density at radius 3 is 1.71 bits per heavy atom. The van der Waals surface area contributed by atoms with Gasteiger partial charge in [-0.2, -0.15) is 0 Å². The summed E-state index contributed by atoms with van der Waals surface area (Å²) in [6.07, 6.45) is 2.65. The van der Waals surface area contributed by atoms with Gasteiger partial charge in [-0.15, -0.1) is 0 Å². The topological polar surface area (TPSA) is 94.8 Å². The third kappa shape index (κ3) is 2.41. The summed E-state index contributed by atoms with van der Waals surface area (Å²) in [7, 11) is 0. The molecule has 6 rings (SSSR count). The fraction of sp³-hybridized carbons (Fsp3) is 0.308. The van der Waals surface area contributed by atoms with E-state index < -0.39 is 11.9 Å². The third-order valence-electron chi connectivity index (χ3n) is 7.76. The maximum atomic E-state index is 12.6. The fourth-order valence-corrected chi connectivity index (χ4v) is 6.45. The molecule has 5 heteroatoms. The maximum Gasteiger partial charge on any atom is 0.336 e. The van der Waals surface area contributed by atoms with Gasteiger partial charge in [-0.25, -0.2) is 9.59 Å². The number of benzene rings is 3. The second-order valence-electron chi connectivity index (χ2n) is 9.03. The van der Waals surface area contributed by atoms with E-state index in [-0.39, 0.29) is 23.7 Å². The molecule has 1 fully saturated rings. The number of carboxylic acids is 2. The molecule has 0 radical (unpaired) electrons. The smallest absolute Gasteiger partial charge is 0.336 e. The van der Waals surface area contributed by atoms with Crippen LogP contribution in [0.3, 0.4) is 0 Å². The minimum absolute atomic E-state index is 0.148. The van der Waals surface area contributed by atoms with Crippen molar-refractivity contribution in [2.45, 2.75) is 25.7 Å². The molecule has 0 aliphatic heterocycles. The number of hydrogen-bond donors (Lipinski definition) is 3. The van der Waals surface area contributed by atoms with E-state index in [2.05, 4.69) is 0 Å². The van der Waals surface area contributed by atoms with Crippen LogP contribution in [0.15, 0.2) is 36.4 Å². The van der Waals surface area contributed by atoms with Crippen molar-refractivity contribution in [2.75, 3.05) is 6.61 Å². The van der Waals surface area contributed by atoms with Crippen LogP contribution in [-0.4, -0.2) is 33.9 Å². The molecule has 0 spiro atoms. The van der Waals surface area contributed by atoms with Crippen molar-refractivity contribution in [3.63, 3.8) is 0 Å². The molecule has 0 aromatic heterocycles. The number of carbonyl (C=O) groups is 2. The lowest BCUT2D eigenvalue weighted by atomic mass is 9.80. The molecule has 0 saturated heterocycles. The summed E-state index contributed by atoms with van der Waals surface area (Å²) in [5, 5.41) is 32.2. The molecule has 3 aromatic rings. The number of carboxylic acid groups (broad SMARTS) is 2. The summed E-state index contributed by atoms with van der Waals surface area (Å²) in [5.74, 6) is -0.928. The Morgan fingerprint density at radius 1 is 0.806 bits per heavy atom. The highest BCUT2D eigenvalue weighted by atomic mass is 16.4. The van der Waals surface area contributed by atoms with E-state index in [1.165, 1.54) is 0 Å². The van der Waals surface area contributed by atoms with Gasteiger partial charge in [0.25, 0.3) is 0 Å². The van der Waals surface area contributed by atoms with Crippen LogP contribution in [0.4, 0.5) is 0 Å². The van der Waals surface area contributed by atoms with Crippen molar-refractivity contribution in [3.8, 4) is 22.3 Å². The van der Waals surface area contributed by atoms with Crippen LogP contribution >= 0.6 is 0 Å². The molecule has 0 heterocycles. The Hall–Kier alpha value is -3.18. The van der Waals surface area contributed by atoms with Gasteiger partial charge in [0.2, 0.25) is 0 Å². The minimum atomic E-state index is -0.999. The van der Waals surface area contributed by atoms with Crippen LogP contribution in [0.2, 0.25) is 0 Å². The lowest BCUT2D eigenvalue weighted by Gasteiger charge is -2.22. The fourth-order valence-electron chi connectivity index (χ4n) is 6.45. The van der Waals surface area contributed by atoms with Crippen molar-refractivity contribution in [3.05, 3.63) is 58.7 Å². The molecule has 3 aliphatic rings. The zero-order chi connectivity index (χ0) is 21.4. The second kappa shape index (κ2) is 6.41. The molecule has 1 unspecified atom stereocenters. The summed E-state index contributed by atoms with van der Waals surface area (Å²) >= 11 is 0. The highest BCUT2D eigenvalue weighted by Crippen LogP contribution is 2.56. The Kier molecular flexibility index (Phi) is 3.84. The predicted molar refractivity (Wildman–Crippen MR) is 116 cm³/mol. The van der Waals surface area contributed by atoms with Crippen LogP contribution in [0, 0.1) is 17.8 Å². The first kappa shape index (κ1) is 18.6. The summed E-state index contributed by atoms with van der Waals surface area (Å²) in [6, 6.07) is 11.6. The highest BCUT2D eigenvalue weighted by Gasteiger charge is 2.49. The lowest BCUT2D eigenvalue weighted by Crippen LogP contribution is -2.17. The molecule has 3 aliphatic carbocycles. The molecule has 5 nitrogen and oxygen atoms in total. The van der Waals surface area contributed by atoms with Gasteiger partial charge in [0.05, 0.1) is 11.1 Å². The SMILES string of the molecule is O=C(O)c1c2c(c(C(=O)O)c3c1-c1cccc4cccc-3c14)CC[C@H]1C(CO)[C@H]1CC2. The Balaban J connectivity index is 1.70. The van der Waals surface area contributed by atoms with E-state index in [1.807, 2.05) is 36.4 Å². The molecule has 0 bridgehead atoms. The molecule has 3 N–H and O–H groups in total. The average Bonchev–Trinajstić information content (AvgIpc) is 3.31. The van der Waals surface area contributed by atoms with Crippen LogP contribution in [0.1, 0.15) is 44.7 Å². The summed E-state index contributed by atoms with van der Waals surface area (Å²) < 4.78 is 0. The molecular formula is C26H22O5. The number of aromatic carboxylic acids is 2. The van der Waals surface area contributed by atoms with Crippen LogP contribution in [-0.2, 0) is 12.8 Å². The van der Waals surface area contributed by atoms with Crippen LogP contribution in [0.5, 0.6) is 0 Å². The van der Waals surface area contributed by atoms with E-state index in [4.69, 9.17) is 0 Å². The second-order valence-corrected chi connectivity index (χ2v) is 9.03. The summed E-state index contributed by atoms with van der Waals surface area (Å²) in [6.45, 7) is 0.148. The standard InChI is InChI=1S/C26H22O5/c27-11-19-13-7-9-15-16(10-8-14(13)19)24(26(30)31)22-18-6-2-4-12-3-1-5-17(20(12)18)21(22)23(15)25(28)29/h1-6,13-14,19,27H,7-11H2,(H,28,29)(H,30,31)/t13-,14+,19?. The first-order valence-electron chi connectivity index (χ1n) is 10.8. The zero-order valence-corrected chi connectivity index (χ0v) is 16.9.